The van der Waals surface area contributed by atoms with Crippen molar-refractivity contribution in [1.82, 2.24) is 13.9 Å². The van der Waals surface area contributed by atoms with E-state index >= 15 is 0 Å². The predicted octanol–water partition coefficient (Wildman–Crippen LogP) is 3.15. The van der Waals surface area contributed by atoms with Crippen LogP contribution in [0.15, 0.2) is 35.5 Å². The molecule has 1 fully saturated rings. The Morgan fingerprint density at radius 3 is 2.57 bits per heavy atom. The highest BCUT2D eigenvalue weighted by Gasteiger charge is 2.54. The lowest BCUT2D eigenvalue weighted by atomic mass is 9.76. The van der Waals surface area contributed by atoms with E-state index in [1.807, 2.05) is 24.7 Å². The lowest BCUT2D eigenvalue weighted by Crippen LogP contribution is -2.58. The molecule has 1 aliphatic rings. The van der Waals surface area contributed by atoms with Crippen LogP contribution in [0.3, 0.4) is 0 Å². The molecule has 0 amide bonds. The average molecular weight is 354 g/mol. The van der Waals surface area contributed by atoms with Crippen LogP contribution in [0.4, 0.5) is 0 Å². The Bertz CT molecular complexity index is 858. The van der Waals surface area contributed by atoms with Crippen molar-refractivity contribution in [2.24, 2.45) is 12.5 Å². The van der Waals surface area contributed by atoms with Gasteiger partial charge >= 0.3 is 0 Å². The van der Waals surface area contributed by atoms with E-state index < -0.39 is 10.0 Å². The largest absolute Gasteiger partial charge is 0.337 e. The summed E-state index contributed by atoms with van der Waals surface area (Å²) in [6.45, 7) is 6.42. The predicted molar refractivity (Wildman–Crippen MR) is 89.8 cm³/mol. The molecule has 2 aromatic rings. The van der Waals surface area contributed by atoms with Gasteiger partial charge in [-0.1, -0.05) is 31.5 Å². The van der Waals surface area contributed by atoms with Crippen molar-refractivity contribution < 1.29 is 8.42 Å². The highest BCUT2D eigenvalue weighted by molar-refractivity contribution is 7.89. The van der Waals surface area contributed by atoms with E-state index in [-0.39, 0.29) is 16.4 Å². The fourth-order valence-electron chi connectivity index (χ4n) is 3.07. The molecule has 0 radical (unpaired) electrons. The topological polar surface area (TPSA) is 55.2 Å². The Balaban J connectivity index is 2.03. The lowest BCUT2D eigenvalue weighted by molar-refractivity contribution is 0.0120. The second-order valence-corrected chi connectivity index (χ2v) is 9.05. The summed E-state index contributed by atoms with van der Waals surface area (Å²) in [5.41, 5.74) is 0.691. The summed E-state index contributed by atoms with van der Waals surface area (Å²) in [5.74, 6) is 0.753. The zero-order chi connectivity index (χ0) is 17.0. The van der Waals surface area contributed by atoms with Crippen LogP contribution < -0.4 is 0 Å². The quantitative estimate of drug-likeness (QED) is 0.851. The minimum atomic E-state index is -3.61. The van der Waals surface area contributed by atoms with Gasteiger partial charge in [0.05, 0.1) is 10.9 Å². The number of benzene rings is 1. The van der Waals surface area contributed by atoms with Crippen molar-refractivity contribution in [3.05, 3.63) is 47.0 Å². The molecule has 1 aromatic heterocycles. The second-order valence-electron chi connectivity index (χ2n) is 6.75. The normalized spacial score (nSPS) is 21.2. The molecule has 1 aromatic carbocycles. The molecule has 0 spiro atoms. The maximum Gasteiger partial charge on any atom is 0.243 e. The number of hydrogen-bond acceptors (Lipinski definition) is 3. The van der Waals surface area contributed by atoms with Crippen LogP contribution in [0, 0.1) is 12.3 Å². The van der Waals surface area contributed by atoms with Crippen LogP contribution in [0.2, 0.25) is 5.02 Å². The molecule has 7 heteroatoms. The smallest absolute Gasteiger partial charge is 0.243 e. The molecule has 0 saturated carbocycles. The van der Waals surface area contributed by atoms with Crippen molar-refractivity contribution >= 4 is 21.6 Å². The van der Waals surface area contributed by atoms with Crippen molar-refractivity contribution in [3.8, 4) is 0 Å². The van der Waals surface area contributed by atoms with Gasteiger partial charge in [0.2, 0.25) is 10.0 Å². The Morgan fingerprint density at radius 1 is 1.35 bits per heavy atom. The Labute approximate surface area is 141 Å². The van der Waals surface area contributed by atoms with Crippen LogP contribution >= 0.6 is 11.6 Å². The monoisotopic (exact) mass is 353 g/mol. The van der Waals surface area contributed by atoms with E-state index in [0.717, 1.165) is 11.4 Å². The molecule has 1 unspecified atom stereocenters. The van der Waals surface area contributed by atoms with Crippen LogP contribution in [0.5, 0.6) is 0 Å². The standard InChI is InChI=1S/C16H20ClN3O2S/c1-11-5-6-12(9-13(11)17)23(21,22)20-10-16(2,3)14(20)15-18-7-8-19(15)4/h5-9,14H,10H2,1-4H3. The third kappa shape index (κ3) is 2.58. The van der Waals surface area contributed by atoms with Gasteiger partial charge in [0.15, 0.2) is 0 Å². The van der Waals surface area contributed by atoms with Crippen LogP contribution in [-0.2, 0) is 17.1 Å². The Hall–Kier alpha value is -1.37. The summed E-state index contributed by atoms with van der Waals surface area (Å²) in [5, 5.41) is 0.458. The molecule has 0 N–H and O–H groups in total. The molecule has 1 aliphatic heterocycles. The highest BCUT2D eigenvalue weighted by atomic mass is 35.5. The first-order chi connectivity index (χ1) is 10.6. The molecule has 0 bridgehead atoms. The first-order valence-corrected chi connectivity index (χ1v) is 9.21. The van der Waals surface area contributed by atoms with E-state index in [0.29, 0.717) is 11.6 Å². The van der Waals surface area contributed by atoms with Gasteiger partial charge in [-0.3, -0.25) is 0 Å². The molecule has 23 heavy (non-hydrogen) atoms. The lowest BCUT2D eigenvalue weighted by Gasteiger charge is -2.52. The minimum absolute atomic E-state index is 0.166. The summed E-state index contributed by atoms with van der Waals surface area (Å²) in [7, 11) is -1.73. The first-order valence-electron chi connectivity index (χ1n) is 7.40. The summed E-state index contributed by atoms with van der Waals surface area (Å²) in [4.78, 5) is 4.58. The summed E-state index contributed by atoms with van der Waals surface area (Å²) in [6.07, 6.45) is 3.52. The maximum absolute atomic E-state index is 13.0. The Kier molecular flexibility index (Phi) is 3.82. The SMILES string of the molecule is Cc1ccc(S(=O)(=O)N2CC(C)(C)C2c2nccn2C)cc1Cl. The van der Waals surface area contributed by atoms with Gasteiger partial charge in [-0.15, -0.1) is 0 Å². The van der Waals surface area contributed by atoms with Crippen LogP contribution in [0.25, 0.3) is 0 Å². The first kappa shape index (κ1) is 16.5. The fraction of sp³-hybridized carbons (Fsp3) is 0.438. The number of hydrogen-bond donors (Lipinski definition) is 0. The second kappa shape index (κ2) is 5.33. The van der Waals surface area contributed by atoms with Gasteiger partial charge in [-0.25, -0.2) is 13.4 Å². The molecule has 1 atom stereocenters. The number of nitrogens with zero attached hydrogens (tertiary/aromatic N) is 3. The molecular weight excluding hydrogens is 334 g/mol. The average Bonchev–Trinajstić information content (AvgIpc) is 2.85. The van der Waals surface area contributed by atoms with Gasteiger partial charge in [0, 0.05) is 36.4 Å². The third-order valence-electron chi connectivity index (χ3n) is 4.44. The molecule has 2 heterocycles. The number of halogens is 1. The summed E-state index contributed by atoms with van der Waals surface area (Å²) < 4.78 is 29.4. The summed E-state index contributed by atoms with van der Waals surface area (Å²) >= 11 is 6.10. The molecule has 124 valence electrons. The number of aryl methyl sites for hydroxylation is 2. The van der Waals surface area contributed by atoms with Gasteiger partial charge in [0.1, 0.15) is 5.82 Å². The molecular formula is C16H20ClN3O2S. The number of sulfonamides is 1. The van der Waals surface area contributed by atoms with Gasteiger partial charge in [-0.2, -0.15) is 4.31 Å². The number of aromatic nitrogens is 2. The van der Waals surface area contributed by atoms with Crippen molar-refractivity contribution in [3.63, 3.8) is 0 Å². The third-order valence-corrected chi connectivity index (χ3v) is 6.66. The van der Waals surface area contributed by atoms with Gasteiger partial charge < -0.3 is 4.57 Å². The van der Waals surface area contributed by atoms with Crippen molar-refractivity contribution in [1.29, 1.82) is 0 Å². The highest BCUT2D eigenvalue weighted by Crippen LogP contribution is 2.50. The van der Waals surface area contributed by atoms with Crippen LogP contribution in [-0.4, -0.2) is 28.8 Å². The number of imidazole rings is 1. The van der Waals surface area contributed by atoms with E-state index in [2.05, 4.69) is 18.8 Å². The molecule has 5 nitrogen and oxygen atoms in total. The van der Waals surface area contributed by atoms with E-state index in [1.54, 1.807) is 18.3 Å². The van der Waals surface area contributed by atoms with Crippen LogP contribution in [0.1, 0.15) is 31.3 Å². The van der Waals surface area contributed by atoms with E-state index in [9.17, 15) is 8.42 Å². The molecule has 1 saturated heterocycles. The maximum atomic E-state index is 13.0. The zero-order valence-corrected chi connectivity index (χ0v) is 15.2. The molecule has 0 aliphatic carbocycles. The minimum Gasteiger partial charge on any atom is -0.337 e. The number of rotatable bonds is 3. The van der Waals surface area contributed by atoms with Gasteiger partial charge in [-0.05, 0) is 24.6 Å². The van der Waals surface area contributed by atoms with Crippen molar-refractivity contribution in [2.75, 3.05) is 6.54 Å². The molecule has 3 rings (SSSR count). The fourth-order valence-corrected chi connectivity index (χ4v) is 5.25. The van der Waals surface area contributed by atoms with Crippen molar-refractivity contribution in [2.45, 2.75) is 31.7 Å². The van der Waals surface area contributed by atoms with E-state index in [4.69, 9.17) is 11.6 Å². The zero-order valence-electron chi connectivity index (χ0n) is 13.6. The Morgan fingerprint density at radius 2 is 2.04 bits per heavy atom. The van der Waals surface area contributed by atoms with Gasteiger partial charge in [0.25, 0.3) is 0 Å². The van der Waals surface area contributed by atoms with E-state index in [1.165, 1.54) is 10.4 Å². The summed E-state index contributed by atoms with van der Waals surface area (Å²) in [6, 6.07) is 4.58.